The highest BCUT2D eigenvalue weighted by atomic mass is 32.1. The van der Waals surface area contributed by atoms with E-state index in [1.807, 2.05) is 53.9 Å². The van der Waals surface area contributed by atoms with Crippen molar-refractivity contribution in [3.63, 3.8) is 0 Å². The summed E-state index contributed by atoms with van der Waals surface area (Å²) in [7, 11) is 0. The van der Waals surface area contributed by atoms with Gasteiger partial charge in [0.1, 0.15) is 5.56 Å². The summed E-state index contributed by atoms with van der Waals surface area (Å²) >= 11 is 1.67. The Morgan fingerprint density at radius 3 is 2.36 bits per heavy atom. The second-order valence-corrected chi connectivity index (χ2v) is 7.24. The van der Waals surface area contributed by atoms with Crippen LogP contribution in [0.25, 0.3) is 21.7 Å². The molecular formula is C22H18N2O3S. The van der Waals surface area contributed by atoms with Crippen molar-refractivity contribution in [1.29, 1.82) is 0 Å². The Morgan fingerprint density at radius 2 is 1.68 bits per heavy atom. The third-order valence-electron chi connectivity index (χ3n) is 4.46. The zero-order valence-electron chi connectivity index (χ0n) is 14.8. The van der Waals surface area contributed by atoms with Gasteiger partial charge in [0, 0.05) is 17.0 Å². The molecule has 0 aliphatic carbocycles. The molecule has 5 nitrogen and oxygen atoms in total. The summed E-state index contributed by atoms with van der Waals surface area (Å²) in [6.07, 6.45) is 0. The number of carbonyl (C=O) groups excluding carboxylic acids is 1. The number of thiophene rings is 1. The molecule has 0 radical (unpaired) electrons. The summed E-state index contributed by atoms with van der Waals surface area (Å²) in [6.45, 7) is 0.286. The van der Waals surface area contributed by atoms with E-state index in [1.54, 1.807) is 23.5 Å². The van der Waals surface area contributed by atoms with E-state index in [4.69, 9.17) is 0 Å². The minimum absolute atomic E-state index is 0.158. The molecule has 0 aliphatic heterocycles. The Morgan fingerprint density at radius 1 is 0.929 bits per heavy atom. The van der Waals surface area contributed by atoms with E-state index in [2.05, 4.69) is 16.4 Å². The van der Waals surface area contributed by atoms with E-state index in [9.17, 15) is 15.0 Å². The zero-order valence-corrected chi connectivity index (χ0v) is 15.7. The van der Waals surface area contributed by atoms with Crippen molar-refractivity contribution in [3.05, 3.63) is 83.2 Å². The third kappa shape index (κ3) is 3.50. The Balaban J connectivity index is 1.48. The van der Waals surface area contributed by atoms with Crippen LogP contribution in [0.15, 0.2) is 72.1 Å². The molecule has 4 N–H and O–H groups in total. The van der Waals surface area contributed by atoms with E-state index in [0.717, 1.165) is 11.1 Å². The lowest BCUT2D eigenvalue weighted by Gasteiger charge is -2.06. The summed E-state index contributed by atoms with van der Waals surface area (Å²) in [4.78, 5) is 16.4. The summed E-state index contributed by atoms with van der Waals surface area (Å²) in [5.74, 6) is -1.17. The summed E-state index contributed by atoms with van der Waals surface area (Å²) in [6, 6.07) is 21.0. The van der Waals surface area contributed by atoms with Crippen molar-refractivity contribution in [2.24, 2.45) is 0 Å². The largest absolute Gasteiger partial charge is 0.505 e. The molecule has 0 bridgehead atoms. The SMILES string of the molecule is O=C(NCc1ccc(-c2cccs2)cc1)c1c(O)[nH]c(-c2ccccc2)c1O. The second kappa shape index (κ2) is 7.62. The molecule has 0 unspecified atom stereocenters. The fraction of sp³-hybridized carbons (Fsp3) is 0.0455. The van der Waals surface area contributed by atoms with Crippen molar-refractivity contribution >= 4 is 17.2 Å². The van der Waals surface area contributed by atoms with Gasteiger partial charge in [0.05, 0.1) is 5.69 Å². The number of rotatable bonds is 5. The molecule has 0 aliphatic rings. The maximum absolute atomic E-state index is 12.5. The van der Waals surface area contributed by atoms with Crippen LogP contribution in [-0.4, -0.2) is 21.1 Å². The monoisotopic (exact) mass is 390 g/mol. The molecular weight excluding hydrogens is 372 g/mol. The first-order valence-electron chi connectivity index (χ1n) is 8.74. The molecule has 0 spiro atoms. The van der Waals surface area contributed by atoms with Gasteiger partial charge in [0.15, 0.2) is 5.75 Å². The fourth-order valence-corrected chi connectivity index (χ4v) is 3.74. The van der Waals surface area contributed by atoms with E-state index in [1.165, 1.54) is 4.88 Å². The van der Waals surface area contributed by atoms with Crippen molar-refractivity contribution in [2.75, 3.05) is 0 Å². The van der Waals surface area contributed by atoms with Gasteiger partial charge in [-0.3, -0.25) is 4.79 Å². The zero-order chi connectivity index (χ0) is 19.5. The van der Waals surface area contributed by atoms with Crippen LogP contribution in [0.4, 0.5) is 0 Å². The third-order valence-corrected chi connectivity index (χ3v) is 5.37. The van der Waals surface area contributed by atoms with Crippen LogP contribution >= 0.6 is 11.3 Å². The fourth-order valence-electron chi connectivity index (χ4n) is 3.01. The van der Waals surface area contributed by atoms with Gasteiger partial charge in [0.2, 0.25) is 5.88 Å². The summed E-state index contributed by atoms with van der Waals surface area (Å²) in [5.41, 5.74) is 2.88. The van der Waals surface area contributed by atoms with Gasteiger partial charge in [-0.15, -0.1) is 11.3 Å². The van der Waals surface area contributed by atoms with Crippen LogP contribution in [0.1, 0.15) is 15.9 Å². The number of amides is 1. The van der Waals surface area contributed by atoms with E-state index < -0.39 is 5.91 Å². The van der Waals surface area contributed by atoms with Gasteiger partial charge in [0.25, 0.3) is 5.91 Å². The van der Waals surface area contributed by atoms with Crippen LogP contribution in [0.2, 0.25) is 0 Å². The Bertz CT molecular complexity index is 1090. The normalized spacial score (nSPS) is 10.7. The highest BCUT2D eigenvalue weighted by molar-refractivity contribution is 7.13. The molecule has 6 heteroatoms. The average molecular weight is 390 g/mol. The number of aromatic nitrogens is 1. The number of aromatic amines is 1. The van der Waals surface area contributed by atoms with Crippen molar-refractivity contribution in [3.8, 4) is 33.3 Å². The quantitative estimate of drug-likeness (QED) is 0.397. The lowest BCUT2D eigenvalue weighted by atomic mass is 10.1. The number of hydrogen-bond donors (Lipinski definition) is 4. The first kappa shape index (κ1) is 17.9. The molecule has 2 heterocycles. The minimum Gasteiger partial charge on any atom is -0.505 e. The Hall–Kier alpha value is -3.51. The van der Waals surface area contributed by atoms with E-state index in [-0.39, 0.29) is 23.7 Å². The van der Waals surface area contributed by atoms with Gasteiger partial charge in [-0.2, -0.15) is 0 Å². The van der Waals surface area contributed by atoms with Crippen LogP contribution in [0.3, 0.4) is 0 Å². The number of aromatic hydroxyl groups is 2. The van der Waals surface area contributed by atoms with Gasteiger partial charge < -0.3 is 20.5 Å². The Labute approximate surface area is 165 Å². The molecule has 0 saturated carbocycles. The number of H-pyrrole nitrogens is 1. The molecule has 2 aromatic heterocycles. The molecule has 0 saturated heterocycles. The van der Waals surface area contributed by atoms with Gasteiger partial charge in [-0.1, -0.05) is 60.7 Å². The second-order valence-electron chi connectivity index (χ2n) is 6.30. The maximum atomic E-state index is 12.5. The van der Waals surface area contributed by atoms with E-state index in [0.29, 0.717) is 11.3 Å². The minimum atomic E-state index is -0.546. The molecule has 1 amide bonds. The summed E-state index contributed by atoms with van der Waals surface area (Å²) in [5, 5.41) is 25.3. The maximum Gasteiger partial charge on any atom is 0.260 e. The molecule has 4 rings (SSSR count). The van der Waals surface area contributed by atoms with Crippen molar-refractivity contribution in [1.82, 2.24) is 10.3 Å². The first-order chi connectivity index (χ1) is 13.6. The molecule has 4 aromatic rings. The number of nitrogens with one attached hydrogen (secondary N) is 2. The van der Waals surface area contributed by atoms with Crippen molar-refractivity contribution in [2.45, 2.75) is 6.54 Å². The van der Waals surface area contributed by atoms with Crippen LogP contribution < -0.4 is 5.32 Å². The lowest BCUT2D eigenvalue weighted by molar-refractivity contribution is 0.0946. The van der Waals surface area contributed by atoms with Gasteiger partial charge in [-0.05, 0) is 22.6 Å². The molecule has 28 heavy (non-hydrogen) atoms. The molecule has 140 valence electrons. The molecule has 0 atom stereocenters. The standard InChI is InChI=1S/C22H18N2O3S/c25-20-18(22(27)24-19(20)16-5-2-1-3-6-16)21(26)23-13-14-8-10-15(11-9-14)17-7-4-12-28-17/h1-12,24-25,27H,13H2,(H,23,26). The van der Waals surface area contributed by atoms with E-state index >= 15 is 0 Å². The van der Waals surface area contributed by atoms with Crippen LogP contribution in [0.5, 0.6) is 11.6 Å². The number of carbonyl (C=O) groups is 1. The highest BCUT2D eigenvalue weighted by Gasteiger charge is 2.23. The first-order valence-corrected chi connectivity index (χ1v) is 9.62. The molecule has 2 aromatic carbocycles. The molecule has 0 fully saturated rings. The predicted molar refractivity (Wildman–Crippen MR) is 110 cm³/mol. The number of benzene rings is 2. The summed E-state index contributed by atoms with van der Waals surface area (Å²) < 4.78 is 0. The lowest BCUT2D eigenvalue weighted by Crippen LogP contribution is -2.22. The predicted octanol–water partition coefficient (Wildman–Crippen LogP) is 4.75. The highest BCUT2D eigenvalue weighted by Crippen LogP contribution is 2.37. The Kier molecular flexibility index (Phi) is 4.87. The van der Waals surface area contributed by atoms with Crippen molar-refractivity contribution < 1.29 is 15.0 Å². The average Bonchev–Trinajstić information content (AvgIpc) is 3.35. The number of hydrogen-bond acceptors (Lipinski definition) is 4. The van der Waals surface area contributed by atoms with Gasteiger partial charge >= 0.3 is 0 Å². The van der Waals surface area contributed by atoms with Gasteiger partial charge in [-0.25, -0.2) is 0 Å². The topological polar surface area (TPSA) is 85.4 Å². The smallest absolute Gasteiger partial charge is 0.260 e. The van der Waals surface area contributed by atoms with Crippen LogP contribution in [0, 0.1) is 0 Å². The van der Waals surface area contributed by atoms with Crippen LogP contribution in [-0.2, 0) is 6.54 Å².